The summed E-state index contributed by atoms with van der Waals surface area (Å²) in [6, 6.07) is 4.04. The van der Waals surface area contributed by atoms with Crippen LogP contribution in [0.1, 0.15) is 11.1 Å². The highest BCUT2D eigenvalue weighted by Gasteiger charge is 2.08. The molecule has 0 aromatic carbocycles. The molecule has 0 saturated heterocycles. The highest BCUT2D eigenvalue weighted by atomic mass is 79.9. The van der Waals surface area contributed by atoms with Crippen molar-refractivity contribution in [1.82, 2.24) is 4.98 Å². The zero-order chi connectivity index (χ0) is 13.1. The van der Waals surface area contributed by atoms with Crippen molar-refractivity contribution >= 4 is 56.3 Å². The van der Waals surface area contributed by atoms with Crippen LogP contribution in [0, 0.1) is 0 Å². The molecule has 0 aliphatic heterocycles. The van der Waals surface area contributed by atoms with Crippen molar-refractivity contribution in [3.05, 3.63) is 43.6 Å². The molecule has 6 heteroatoms. The average Bonchev–Trinajstić information content (AvgIpc) is 2.75. The van der Waals surface area contributed by atoms with Crippen LogP contribution < -0.4 is 4.90 Å². The molecule has 96 valence electrons. The van der Waals surface area contributed by atoms with Gasteiger partial charge in [-0.2, -0.15) is 0 Å². The van der Waals surface area contributed by atoms with Crippen LogP contribution in [0.4, 0.5) is 5.82 Å². The minimum absolute atomic E-state index is 0.395. The van der Waals surface area contributed by atoms with Crippen LogP contribution in [0.2, 0.25) is 5.02 Å². The van der Waals surface area contributed by atoms with Gasteiger partial charge in [-0.15, -0.1) is 22.9 Å². The first kappa shape index (κ1) is 14.1. The number of hydrogen-bond acceptors (Lipinski definition) is 3. The lowest BCUT2D eigenvalue weighted by atomic mass is 10.2. The van der Waals surface area contributed by atoms with Gasteiger partial charge in [0.1, 0.15) is 5.82 Å². The Bertz CT molecular complexity index is 545. The largest absolute Gasteiger partial charge is 0.355 e. The van der Waals surface area contributed by atoms with E-state index in [1.54, 1.807) is 17.5 Å². The second-order valence-electron chi connectivity index (χ2n) is 3.88. The van der Waals surface area contributed by atoms with Gasteiger partial charge >= 0.3 is 0 Å². The molecule has 0 spiro atoms. The fourth-order valence-corrected chi connectivity index (χ4v) is 3.22. The molecule has 0 N–H and O–H groups in total. The molecule has 0 saturated carbocycles. The van der Waals surface area contributed by atoms with E-state index in [0.29, 0.717) is 10.9 Å². The number of pyridine rings is 1. The van der Waals surface area contributed by atoms with Gasteiger partial charge in [0.25, 0.3) is 0 Å². The lowest BCUT2D eigenvalue weighted by molar-refractivity contribution is 0.899. The molecule has 0 aliphatic rings. The summed E-state index contributed by atoms with van der Waals surface area (Å²) >= 11 is 17.0. The summed E-state index contributed by atoms with van der Waals surface area (Å²) in [4.78, 5) is 6.39. The summed E-state index contributed by atoms with van der Waals surface area (Å²) < 4.78 is 1.14. The summed E-state index contributed by atoms with van der Waals surface area (Å²) in [6.45, 7) is 0.804. The normalized spacial score (nSPS) is 10.7. The van der Waals surface area contributed by atoms with Gasteiger partial charge in [0.2, 0.25) is 0 Å². The predicted molar refractivity (Wildman–Crippen MR) is 82.9 cm³/mol. The van der Waals surface area contributed by atoms with E-state index in [4.69, 9.17) is 23.2 Å². The molecule has 0 bridgehead atoms. The zero-order valence-corrected chi connectivity index (χ0v) is 13.6. The number of alkyl halides is 1. The Morgan fingerprint density at radius 2 is 2.22 bits per heavy atom. The van der Waals surface area contributed by atoms with E-state index in [-0.39, 0.29) is 0 Å². The Balaban J connectivity index is 2.15. The van der Waals surface area contributed by atoms with Crippen LogP contribution in [-0.4, -0.2) is 12.0 Å². The quantitative estimate of drug-likeness (QED) is 0.713. The molecule has 0 atom stereocenters. The van der Waals surface area contributed by atoms with E-state index >= 15 is 0 Å². The fourth-order valence-electron chi connectivity index (χ4n) is 1.56. The van der Waals surface area contributed by atoms with E-state index in [9.17, 15) is 0 Å². The minimum atomic E-state index is 0.395. The Labute approximate surface area is 129 Å². The second kappa shape index (κ2) is 6.24. The molecule has 0 radical (unpaired) electrons. The lowest BCUT2D eigenvalue weighted by Gasteiger charge is -2.18. The highest BCUT2D eigenvalue weighted by molar-refractivity contribution is 9.11. The van der Waals surface area contributed by atoms with E-state index in [1.165, 1.54) is 5.56 Å². The molecular formula is C12H11BrCl2N2S. The Kier molecular flexibility index (Phi) is 4.90. The summed E-state index contributed by atoms with van der Waals surface area (Å²) in [5, 5.41) is 2.74. The third kappa shape index (κ3) is 3.38. The van der Waals surface area contributed by atoms with Crippen LogP contribution in [0.3, 0.4) is 0 Å². The van der Waals surface area contributed by atoms with Gasteiger partial charge in [-0.3, -0.25) is 0 Å². The molecule has 0 amide bonds. The van der Waals surface area contributed by atoms with E-state index < -0.39 is 0 Å². The number of anilines is 1. The molecule has 0 unspecified atom stereocenters. The van der Waals surface area contributed by atoms with Crippen molar-refractivity contribution < 1.29 is 0 Å². The monoisotopic (exact) mass is 364 g/mol. The third-order valence-corrected chi connectivity index (χ3v) is 4.68. The van der Waals surface area contributed by atoms with Gasteiger partial charge in [0.15, 0.2) is 0 Å². The van der Waals surface area contributed by atoms with E-state index in [0.717, 1.165) is 21.7 Å². The van der Waals surface area contributed by atoms with Gasteiger partial charge in [-0.05, 0) is 44.6 Å². The van der Waals surface area contributed by atoms with Crippen molar-refractivity contribution in [2.24, 2.45) is 0 Å². The first-order valence-corrected chi connectivity index (χ1v) is 7.83. The number of hydrogen-bond donors (Lipinski definition) is 0. The molecule has 0 aliphatic carbocycles. The standard InChI is InChI=1S/C12H11BrCl2N2S/c1-17(6-8-2-11(13)18-7-8)12-3-9(4-14)10(15)5-16-12/h2-3,5,7H,4,6H2,1H3. The number of aromatic nitrogens is 1. The summed E-state index contributed by atoms with van der Waals surface area (Å²) in [6.07, 6.45) is 1.65. The lowest BCUT2D eigenvalue weighted by Crippen LogP contribution is -2.17. The molecule has 2 nitrogen and oxygen atoms in total. The predicted octanol–water partition coefficient (Wildman–Crippen LogP) is 4.93. The molecule has 0 fully saturated rings. The molecule has 2 aromatic heterocycles. The molecule has 2 rings (SSSR count). The first-order valence-electron chi connectivity index (χ1n) is 5.24. The number of halogens is 3. The first-order chi connectivity index (χ1) is 8.60. The zero-order valence-electron chi connectivity index (χ0n) is 9.66. The van der Waals surface area contributed by atoms with Crippen LogP contribution >= 0.6 is 50.5 Å². The Morgan fingerprint density at radius 3 is 2.83 bits per heavy atom. The van der Waals surface area contributed by atoms with Gasteiger partial charge in [-0.1, -0.05) is 11.6 Å². The number of thiophene rings is 1. The third-order valence-electron chi connectivity index (χ3n) is 2.50. The molecule has 18 heavy (non-hydrogen) atoms. The van der Waals surface area contributed by atoms with E-state index in [2.05, 4.69) is 37.3 Å². The van der Waals surface area contributed by atoms with Gasteiger partial charge in [0.05, 0.1) is 8.81 Å². The second-order valence-corrected chi connectivity index (χ2v) is 6.85. The summed E-state index contributed by atoms with van der Waals surface area (Å²) in [7, 11) is 2.00. The van der Waals surface area contributed by atoms with E-state index in [1.807, 2.05) is 13.1 Å². The summed E-state index contributed by atoms with van der Waals surface area (Å²) in [5.41, 5.74) is 2.15. The van der Waals surface area contributed by atoms with Crippen molar-refractivity contribution in [3.63, 3.8) is 0 Å². The summed E-state index contributed by atoms with van der Waals surface area (Å²) in [5.74, 6) is 1.27. The fraction of sp³-hybridized carbons (Fsp3) is 0.250. The van der Waals surface area contributed by atoms with Crippen LogP contribution in [0.15, 0.2) is 27.5 Å². The molecular weight excluding hydrogens is 355 g/mol. The number of nitrogens with zero attached hydrogens (tertiary/aromatic N) is 2. The average molecular weight is 366 g/mol. The maximum atomic E-state index is 5.99. The smallest absolute Gasteiger partial charge is 0.128 e. The number of rotatable bonds is 4. The SMILES string of the molecule is CN(Cc1csc(Br)c1)c1cc(CCl)c(Cl)cn1. The van der Waals surface area contributed by atoms with Gasteiger partial charge < -0.3 is 4.90 Å². The Morgan fingerprint density at radius 1 is 1.44 bits per heavy atom. The van der Waals surface area contributed by atoms with Crippen molar-refractivity contribution in [2.45, 2.75) is 12.4 Å². The van der Waals surface area contributed by atoms with Crippen LogP contribution in [-0.2, 0) is 12.4 Å². The minimum Gasteiger partial charge on any atom is -0.355 e. The molecule has 2 heterocycles. The highest BCUT2D eigenvalue weighted by Crippen LogP contribution is 2.25. The van der Waals surface area contributed by atoms with Gasteiger partial charge in [-0.25, -0.2) is 4.98 Å². The maximum absolute atomic E-state index is 5.99. The van der Waals surface area contributed by atoms with Gasteiger partial charge in [0, 0.05) is 25.7 Å². The van der Waals surface area contributed by atoms with Crippen molar-refractivity contribution in [2.75, 3.05) is 11.9 Å². The maximum Gasteiger partial charge on any atom is 0.128 e. The van der Waals surface area contributed by atoms with Crippen LogP contribution in [0.5, 0.6) is 0 Å². The van der Waals surface area contributed by atoms with Crippen molar-refractivity contribution in [3.8, 4) is 0 Å². The van der Waals surface area contributed by atoms with Crippen LogP contribution in [0.25, 0.3) is 0 Å². The Hall–Kier alpha value is -0.290. The van der Waals surface area contributed by atoms with Crippen molar-refractivity contribution in [1.29, 1.82) is 0 Å². The topological polar surface area (TPSA) is 16.1 Å². The molecule has 2 aromatic rings.